The summed E-state index contributed by atoms with van der Waals surface area (Å²) in [6, 6.07) is 8.62. The number of imidazole rings is 1. The quantitative estimate of drug-likeness (QED) is 0.808. The van der Waals surface area contributed by atoms with Crippen LogP contribution in [0.5, 0.6) is 0 Å². The molecule has 0 amide bonds. The highest BCUT2D eigenvalue weighted by Gasteiger charge is 2.03. The topological polar surface area (TPSA) is 29.9 Å². The SMILES string of the molecule is C#CCNC(C)c1ccc(-n2ccnc2)cc1. The number of aromatic nitrogens is 2. The second-order valence-electron chi connectivity index (χ2n) is 3.87. The van der Waals surface area contributed by atoms with Gasteiger partial charge in [0.1, 0.15) is 0 Å². The molecule has 2 aromatic rings. The van der Waals surface area contributed by atoms with Crippen molar-refractivity contribution in [3.05, 3.63) is 48.5 Å². The van der Waals surface area contributed by atoms with Gasteiger partial charge in [-0.3, -0.25) is 5.32 Å². The Hall–Kier alpha value is -2.05. The van der Waals surface area contributed by atoms with Crippen molar-refractivity contribution >= 4 is 0 Å². The molecular formula is C14H15N3. The van der Waals surface area contributed by atoms with Crippen molar-refractivity contribution in [2.24, 2.45) is 0 Å². The highest BCUT2D eigenvalue weighted by Crippen LogP contribution is 2.15. The molecule has 1 N–H and O–H groups in total. The summed E-state index contributed by atoms with van der Waals surface area (Å²) in [5.74, 6) is 2.58. The summed E-state index contributed by atoms with van der Waals surface area (Å²) in [7, 11) is 0. The predicted molar refractivity (Wildman–Crippen MR) is 68.8 cm³/mol. The van der Waals surface area contributed by atoms with E-state index in [9.17, 15) is 0 Å². The molecule has 1 aromatic heterocycles. The van der Waals surface area contributed by atoms with E-state index in [1.807, 2.05) is 10.8 Å². The smallest absolute Gasteiger partial charge is 0.0991 e. The van der Waals surface area contributed by atoms with Crippen LogP contribution in [-0.2, 0) is 0 Å². The summed E-state index contributed by atoms with van der Waals surface area (Å²) in [4.78, 5) is 4.03. The van der Waals surface area contributed by atoms with Gasteiger partial charge in [-0.05, 0) is 24.6 Å². The maximum absolute atomic E-state index is 5.22. The third kappa shape index (κ3) is 2.74. The van der Waals surface area contributed by atoms with E-state index in [-0.39, 0.29) is 6.04 Å². The van der Waals surface area contributed by atoms with Gasteiger partial charge in [-0.15, -0.1) is 6.42 Å². The average Bonchev–Trinajstić information content (AvgIpc) is 2.90. The lowest BCUT2D eigenvalue weighted by atomic mass is 10.1. The fourth-order valence-corrected chi connectivity index (χ4v) is 1.68. The minimum Gasteiger partial charge on any atom is -0.306 e. The van der Waals surface area contributed by atoms with Crippen LogP contribution >= 0.6 is 0 Å². The van der Waals surface area contributed by atoms with Crippen LogP contribution in [0.25, 0.3) is 5.69 Å². The first-order valence-corrected chi connectivity index (χ1v) is 5.56. The van der Waals surface area contributed by atoms with Gasteiger partial charge in [0, 0.05) is 24.1 Å². The normalized spacial score (nSPS) is 12.0. The lowest BCUT2D eigenvalue weighted by molar-refractivity contribution is 0.623. The van der Waals surface area contributed by atoms with Gasteiger partial charge in [-0.25, -0.2) is 4.98 Å². The van der Waals surface area contributed by atoms with Crippen molar-refractivity contribution in [2.45, 2.75) is 13.0 Å². The molecule has 1 unspecified atom stereocenters. The van der Waals surface area contributed by atoms with E-state index in [4.69, 9.17) is 6.42 Å². The van der Waals surface area contributed by atoms with E-state index < -0.39 is 0 Å². The highest BCUT2D eigenvalue weighted by atomic mass is 15.0. The summed E-state index contributed by atoms with van der Waals surface area (Å²) in [6.45, 7) is 2.69. The summed E-state index contributed by atoms with van der Waals surface area (Å²) < 4.78 is 1.98. The summed E-state index contributed by atoms with van der Waals surface area (Å²) in [5, 5.41) is 3.25. The first-order valence-electron chi connectivity index (χ1n) is 5.56. The number of rotatable bonds is 4. The summed E-state index contributed by atoms with van der Waals surface area (Å²) in [5.41, 5.74) is 2.33. The zero-order chi connectivity index (χ0) is 12.1. The number of benzene rings is 1. The molecular weight excluding hydrogens is 210 g/mol. The maximum Gasteiger partial charge on any atom is 0.0991 e. The monoisotopic (exact) mass is 225 g/mol. The second kappa shape index (κ2) is 5.33. The van der Waals surface area contributed by atoms with Gasteiger partial charge in [0.25, 0.3) is 0 Å². The van der Waals surface area contributed by atoms with Crippen molar-refractivity contribution in [3.63, 3.8) is 0 Å². The number of nitrogens with zero attached hydrogens (tertiary/aromatic N) is 2. The molecule has 0 fully saturated rings. The average molecular weight is 225 g/mol. The van der Waals surface area contributed by atoms with E-state index in [0.29, 0.717) is 6.54 Å². The lowest BCUT2D eigenvalue weighted by Gasteiger charge is -2.12. The molecule has 0 aliphatic heterocycles. The Morgan fingerprint density at radius 2 is 2.18 bits per heavy atom. The van der Waals surface area contributed by atoms with Crippen LogP contribution in [0.4, 0.5) is 0 Å². The van der Waals surface area contributed by atoms with E-state index in [1.165, 1.54) is 5.56 Å². The van der Waals surface area contributed by atoms with Gasteiger partial charge < -0.3 is 4.57 Å². The van der Waals surface area contributed by atoms with Crippen LogP contribution in [0.15, 0.2) is 43.0 Å². The van der Waals surface area contributed by atoms with Crippen molar-refractivity contribution < 1.29 is 0 Å². The Bertz CT molecular complexity index is 491. The number of hydrogen-bond acceptors (Lipinski definition) is 2. The van der Waals surface area contributed by atoms with Crippen molar-refractivity contribution in [3.8, 4) is 18.0 Å². The Kier molecular flexibility index (Phi) is 3.59. The highest BCUT2D eigenvalue weighted by molar-refractivity contribution is 5.35. The molecule has 1 aromatic carbocycles. The zero-order valence-electron chi connectivity index (χ0n) is 9.80. The van der Waals surface area contributed by atoms with Gasteiger partial charge in [0.15, 0.2) is 0 Å². The molecule has 3 nitrogen and oxygen atoms in total. The molecule has 0 spiro atoms. The largest absolute Gasteiger partial charge is 0.306 e. The van der Waals surface area contributed by atoms with Crippen LogP contribution < -0.4 is 5.32 Å². The van der Waals surface area contributed by atoms with Gasteiger partial charge in [-0.2, -0.15) is 0 Å². The van der Waals surface area contributed by atoms with Gasteiger partial charge in [0.2, 0.25) is 0 Å². The minimum absolute atomic E-state index is 0.267. The predicted octanol–water partition coefficient (Wildman–Crippen LogP) is 2.16. The second-order valence-corrected chi connectivity index (χ2v) is 3.87. The standard InChI is InChI=1S/C14H15N3/c1-3-8-16-12(2)13-4-6-14(7-5-13)17-10-9-15-11-17/h1,4-7,9-12,16H,8H2,2H3. The van der Waals surface area contributed by atoms with E-state index in [0.717, 1.165) is 5.69 Å². The molecule has 0 bridgehead atoms. The molecule has 1 heterocycles. The third-order valence-electron chi connectivity index (χ3n) is 2.71. The Morgan fingerprint density at radius 1 is 1.41 bits per heavy atom. The number of terminal acetylenes is 1. The first kappa shape index (κ1) is 11.4. The fraction of sp³-hybridized carbons (Fsp3) is 0.214. The minimum atomic E-state index is 0.267. The Balaban J connectivity index is 2.11. The van der Waals surface area contributed by atoms with Crippen molar-refractivity contribution in [1.29, 1.82) is 0 Å². The fourth-order valence-electron chi connectivity index (χ4n) is 1.68. The molecule has 0 aliphatic carbocycles. The van der Waals surface area contributed by atoms with E-state index in [1.54, 1.807) is 12.5 Å². The van der Waals surface area contributed by atoms with E-state index in [2.05, 4.69) is 47.4 Å². The Morgan fingerprint density at radius 3 is 2.76 bits per heavy atom. The molecule has 0 saturated carbocycles. The van der Waals surface area contributed by atoms with Crippen LogP contribution in [0.3, 0.4) is 0 Å². The zero-order valence-corrected chi connectivity index (χ0v) is 9.80. The summed E-state index contributed by atoms with van der Waals surface area (Å²) >= 11 is 0. The van der Waals surface area contributed by atoms with Crippen LogP contribution in [-0.4, -0.2) is 16.1 Å². The number of nitrogens with one attached hydrogen (secondary N) is 1. The lowest BCUT2D eigenvalue weighted by Crippen LogP contribution is -2.18. The van der Waals surface area contributed by atoms with Crippen LogP contribution in [0.2, 0.25) is 0 Å². The van der Waals surface area contributed by atoms with Crippen LogP contribution in [0, 0.1) is 12.3 Å². The molecule has 0 aliphatic rings. The third-order valence-corrected chi connectivity index (χ3v) is 2.71. The van der Waals surface area contributed by atoms with Gasteiger partial charge in [-0.1, -0.05) is 18.1 Å². The van der Waals surface area contributed by atoms with E-state index >= 15 is 0 Å². The molecule has 3 heteroatoms. The van der Waals surface area contributed by atoms with Gasteiger partial charge >= 0.3 is 0 Å². The molecule has 2 rings (SSSR count). The summed E-state index contributed by atoms with van der Waals surface area (Å²) in [6.07, 6.45) is 10.7. The van der Waals surface area contributed by atoms with Crippen molar-refractivity contribution in [2.75, 3.05) is 6.54 Å². The van der Waals surface area contributed by atoms with Gasteiger partial charge in [0.05, 0.1) is 12.9 Å². The first-order chi connectivity index (χ1) is 8.31. The molecule has 0 saturated heterocycles. The molecule has 0 radical (unpaired) electrons. The molecule has 1 atom stereocenters. The molecule has 17 heavy (non-hydrogen) atoms. The van der Waals surface area contributed by atoms with Crippen LogP contribution in [0.1, 0.15) is 18.5 Å². The molecule has 86 valence electrons. The van der Waals surface area contributed by atoms with Crippen molar-refractivity contribution in [1.82, 2.24) is 14.9 Å². The Labute approximate surface area is 102 Å². The number of hydrogen-bond donors (Lipinski definition) is 1. The maximum atomic E-state index is 5.22.